The van der Waals surface area contributed by atoms with Gasteiger partial charge in [0, 0.05) is 17.4 Å². The van der Waals surface area contributed by atoms with Gasteiger partial charge in [-0.15, -0.1) is 0 Å². The molecule has 114 valence electrons. The number of ether oxygens (including phenoxy) is 1. The normalized spacial score (nSPS) is 12.1. The van der Waals surface area contributed by atoms with E-state index >= 15 is 0 Å². The van der Waals surface area contributed by atoms with Gasteiger partial charge in [-0.05, 0) is 42.8 Å². The number of carbonyl (C=O) groups excluding carboxylic acids is 1. The third-order valence-electron chi connectivity index (χ3n) is 2.66. The maximum Gasteiger partial charge on any atom is 0.280 e. The van der Waals surface area contributed by atoms with Gasteiger partial charge in [-0.1, -0.05) is 23.2 Å². The third kappa shape index (κ3) is 4.72. The summed E-state index contributed by atoms with van der Waals surface area (Å²) in [5.74, 6) is -0.0110. The third-order valence-corrected chi connectivity index (χ3v) is 3.19. The van der Waals surface area contributed by atoms with E-state index in [4.69, 9.17) is 27.9 Å². The molecule has 0 aliphatic carbocycles. The molecule has 2 aromatic rings. The molecule has 1 unspecified atom stereocenters. The van der Waals surface area contributed by atoms with E-state index in [0.717, 1.165) is 5.56 Å². The molecule has 0 aliphatic heterocycles. The zero-order chi connectivity index (χ0) is 15.9. The molecule has 0 saturated heterocycles. The van der Waals surface area contributed by atoms with Gasteiger partial charge in [-0.2, -0.15) is 5.10 Å². The molecule has 0 fully saturated rings. The number of benzene rings is 1. The second-order valence-electron chi connectivity index (χ2n) is 4.35. The van der Waals surface area contributed by atoms with Crippen LogP contribution in [0.4, 0.5) is 0 Å². The van der Waals surface area contributed by atoms with Crippen molar-refractivity contribution in [2.75, 3.05) is 0 Å². The van der Waals surface area contributed by atoms with Gasteiger partial charge in [-0.3, -0.25) is 9.78 Å². The van der Waals surface area contributed by atoms with Crippen LogP contribution >= 0.6 is 23.2 Å². The fraction of sp³-hybridized carbons (Fsp3) is 0.133. The summed E-state index contributed by atoms with van der Waals surface area (Å²) in [5.41, 5.74) is 3.22. The summed E-state index contributed by atoms with van der Waals surface area (Å²) in [7, 11) is 0. The molecule has 1 aromatic heterocycles. The molecule has 0 radical (unpaired) electrons. The van der Waals surface area contributed by atoms with Crippen molar-refractivity contribution in [2.45, 2.75) is 13.0 Å². The Kier molecular flexibility index (Phi) is 5.75. The first-order chi connectivity index (χ1) is 10.6. The summed E-state index contributed by atoms with van der Waals surface area (Å²) < 4.78 is 5.48. The predicted molar refractivity (Wildman–Crippen MR) is 86.5 cm³/mol. The number of carbonyl (C=O) groups is 1. The van der Waals surface area contributed by atoms with E-state index in [-0.39, 0.29) is 0 Å². The Hall–Kier alpha value is -2.11. The molecule has 1 amide bonds. The summed E-state index contributed by atoms with van der Waals surface area (Å²) in [6.45, 7) is 1.60. The van der Waals surface area contributed by atoms with Gasteiger partial charge < -0.3 is 4.74 Å². The van der Waals surface area contributed by atoms with Crippen LogP contribution in [0.25, 0.3) is 0 Å². The SMILES string of the molecule is CC(Oc1ccc(Cl)cc1Cl)C(=O)NN=Cc1ccncc1. The molecule has 0 bridgehead atoms. The molecule has 0 aliphatic rings. The van der Waals surface area contributed by atoms with E-state index in [9.17, 15) is 4.79 Å². The van der Waals surface area contributed by atoms with E-state index in [1.807, 2.05) is 0 Å². The molecule has 0 saturated carbocycles. The largest absolute Gasteiger partial charge is 0.479 e. The lowest BCUT2D eigenvalue weighted by atomic mass is 10.3. The average molecular weight is 338 g/mol. The second kappa shape index (κ2) is 7.77. The van der Waals surface area contributed by atoms with E-state index < -0.39 is 12.0 Å². The first-order valence-electron chi connectivity index (χ1n) is 6.41. The van der Waals surface area contributed by atoms with Gasteiger partial charge in [0.25, 0.3) is 5.91 Å². The highest BCUT2D eigenvalue weighted by atomic mass is 35.5. The van der Waals surface area contributed by atoms with Crippen molar-refractivity contribution in [1.82, 2.24) is 10.4 Å². The number of nitrogens with one attached hydrogen (secondary N) is 1. The maximum absolute atomic E-state index is 11.9. The lowest BCUT2D eigenvalue weighted by Gasteiger charge is -2.14. The van der Waals surface area contributed by atoms with Crippen LogP contribution in [-0.4, -0.2) is 23.2 Å². The van der Waals surface area contributed by atoms with Crippen molar-refractivity contribution >= 4 is 35.3 Å². The summed E-state index contributed by atoms with van der Waals surface area (Å²) in [6.07, 6.45) is 4.03. The Bertz CT molecular complexity index is 678. The van der Waals surface area contributed by atoms with E-state index in [0.29, 0.717) is 15.8 Å². The van der Waals surface area contributed by atoms with Crippen LogP contribution in [0.3, 0.4) is 0 Å². The Morgan fingerprint density at radius 2 is 2.05 bits per heavy atom. The smallest absolute Gasteiger partial charge is 0.280 e. The van der Waals surface area contributed by atoms with Crippen molar-refractivity contribution in [3.05, 3.63) is 58.3 Å². The fourth-order valence-corrected chi connectivity index (χ4v) is 1.98. The average Bonchev–Trinajstić information content (AvgIpc) is 2.51. The number of hydrazone groups is 1. The minimum atomic E-state index is -0.756. The lowest BCUT2D eigenvalue weighted by Crippen LogP contribution is -2.33. The van der Waals surface area contributed by atoms with Crippen LogP contribution in [0.5, 0.6) is 5.75 Å². The number of nitrogens with zero attached hydrogens (tertiary/aromatic N) is 2. The van der Waals surface area contributed by atoms with Crippen LogP contribution < -0.4 is 10.2 Å². The zero-order valence-corrected chi connectivity index (χ0v) is 13.2. The Labute approximate surface area is 137 Å². The number of hydrogen-bond acceptors (Lipinski definition) is 4. The second-order valence-corrected chi connectivity index (χ2v) is 5.19. The zero-order valence-electron chi connectivity index (χ0n) is 11.7. The number of aromatic nitrogens is 1. The van der Waals surface area contributed by atoms with E-state index in [1.165, 1.54) is 6.21 Å². The number of rotatable bonds is 5. The fourth-order valence-electron chi connectivity index (χ4n) is 1.53. The minimum absolute atomic E-state index is 0.340. The Morgan fingerprint density at radius 3 is 2.73 bits per heavy atom. The van der Waals surface area contributed by atoms with Gasteiger partial charge in [0.15, 0.2) is 6.10 Å². The van der Waals surface area contributed by atoms with Gasteiger partial charge in [0.2, 0.25) is 0 Å². The number of amides is 1. The number of halogens is 2. The molecule has 1 heterocycles. The van der Waals surface area contributed by atoms with Crippen molar-refractivity contribution in [3.8, 4) is 5.75 Å². The highest BCUT2D eigenvalue weighted by molar-refractivity contribution is 6.35. The van der Waals surface area contributed by atoms with Crippen LogP contribution in [0.15, 0.2) is 47.8 Å². The molecular weight excluding hydrogens is 325 g/mol. The lowest BCUT2D eigenvalue weighted by molar-refractivity contribution is -0.127. The van der Waals surface area contributed by atoms with E-state index in [1.54, 1.807) is 49.6 Å². The van der Waals surface area contributed by atoms with Crippen molar-refractivity contribution in [3.63, 3.8) is 0 Å². The topological polar surface area (TPSA) is 63.6 Å². The van der Waals surface area contributed by atoms with Crippen molar-refractivity contribution < 1.29 is 9.53 Å². The summed E-state index contributed by atoms with van der Waals surface area (Å²) in [5, 5.41) is 4.69. The van der Waals surface area contributed by atoms with Crippen LogP contribution in [0.2, 0.25) is 10.0 Å². The Morgan fingerprint density at radius 1 is 1.32 bits per heavy atom. The van der Waals surface area contributed by atoms with Crippen LogP contribution in [0, 0.1) is 0 Å². The predicted octanol–water partition coefficient (Wildman–Crippen LogP) is 3.31. The molecule has 1 N–H and O–H groups in total. The first-order valence-corrected chi connectivity index (χ1v) is 7.16. The molecule has 1 aromatic carbocycles. The molecular formula is C15H13Cl2N3O2. The summed E-state index contributed by atoms with van der Waals surface area (Å²) in [6, 6.07) is 8.32. The highest BCUT2D eigenvalue weighted by Gasteiger charge is 2.15. The number of hydrogen-bond donors (Lipinski definition) is 1. The molecule has 2 rings (SSSR count). The highest BCUT2D eigenvalue weighted by Crippen LogP contribution is 2.28. The molecule has 1 atom stereocenters. The standard InChI is InChI=1S/C15H13Cl2N3O2/c1-10(22-14-3-2-12(16)8-13(14)17)15(21)20-19-9-11-4-6-18-7-5-11/h2-10H,1H3,(H,20,21). The van der Waals surface area contributed by atoms with Crippen molar-refractivity contribution in [1.29, 1.82) is 0 Å². The molecule has 7 heteroatoms. The van der Waals surface area contributed by atoms with E-state index in [2.05, 4.69) is 15.5 Å². The van der Waals surface area contributed by atoms with Gasteiger partial charge in [0.05, 0.1) is 11.2 Å². The molecule has 5 nitrogen and oxygen atoms in total. The summed E-state index contributed by atoms with van der Waals surface area (Å²) >= 11 is 11.8. The monoisotopic (exact) mass is 337 g/mol. The van der Waals surface area contributed by atoms with Gasteiger partial charge in [-0.25, -0.2) is 5.43 Å². The summed E-state index contributed by atoms with van der Waals surface area (Å²) in [4.78, 5) is 15.8. The van der Waals surface area contributed by atoms with Gasteiger partial charge >= 0.3 is 0 Å². The quantitative estimate of drug-likeness (QED) is 0.672. The maximum atomic E-state index is 11.9. The van der Waals surface area contributed by atoms with Gasteiger partial charge in [0.1, 0.15) is 5.75 Å². The number of pyridine rings is 1. The minimum Gasteiger partial charge on any atom is -0.479 e. The Balaban J connectivity index is 1.91. The van der Waals surface area contributed by atoms with Crippen LogP contribution in [-0.2, 0) is 4.79 Å². The first kappa shape index (κ1) is 16.3. The van der Waals surface area contributed by atoms with Crippen molar-refractivity contribution in [2.24, 2.45) is 5.10 Å². The molecule has 0 spiro atoms. The van der Waals surface area contributed by atoms with Crippen LogP contribution in [0.1, 0.15) is 12.5 Å². The molecule has 22 heavy (non-hydrogen) atoms.